The summed E-state index contributed by atoms with van der Waals surface area (Å²) < 4.78 is 0. The van der Waals surface area contributed by atoms with E-state index in [1.165, 1.54) is 10.5 Å². The Bertz CT molecular complexity index is 391. The molecule has 4 heteroatoms. The van der Waals surface area contributed by atoms with Crippen LogP contribution in [0.1, 0.15) is 24.9 Å². The molecule has 1 aliphatic rings. The molecule has 1 aromatic rings. The van der Waals surface area contributed by atoms with Gasteiger partial charge in [-0.3, -0.25) is 4.79 Å². The molecule has 1 amide bonds. The van der Waals surface area contributed by atoms with E-state index in [1.807, 2.05) is 0 Å². The molecule has 1 aromatic carbocycles. The Labute approximate surface area is 106 Å². The first-order valence-corrected chi connectivity index (χ1v) is 7.08. The Morgan fingerprint density at radius 3 is 2.65 bits per heavy atom. The average molecular weight is 250 g/mol. The lowest BCUT2D eigenvalue weighted by Crippen LogP contribution is -2.33. The van der Waals surface area contributed by atoms with Gasteiger partial charge in [-0.1, -0.05) is 12.1 Å². The molecule has 2 N–H and O–H groups in total. The van der Waals surface area contributed by atoms with E-state index in [1.54, 1.807) is 11.8 Å². The Balaban J connectivity index is 1.94. The molecule has 0 radical (unpaired) electrons. The summed E-state index contributed by atoms with van der Waals surface area (Å²) >= 11 is 1.75. The van der Waals surface area contributed by atoms with E-state index >= 15 is 0 Å². The van der Waals surface area contributed by atoms with Crippen LogP contribution in [0.3, 0.4) is 0 Å². The van der Waals surface area contributed by atoms with Crippen LogP contribution in [-0.4, -0.2) is 24.7 Å². The molecule has 0 spiro atoms. The molecule has 17 heavy (non-hydrogen) atoms. The fraction of sp³-hybridized carbons (Fsp3) is 0.462. The van der Waals surface area contributed by atoms with Crippen LogP contribution in [0.15, 0.2) is 29.2 Å². The summed E-state index contributed by atoms with van der Waals surface area (Å²) in [7, 11) is 0. The second kappa shape index (κ2) is 5.56. The second-order valence-corrected chi connectivity index (χ2v) is 5.25. The van der Waals surface area contributed by atoms with E-state index in [0.29, 0.717) is 6.42 Å². The predicted octanol–water partition coefficient (Wildman–Crippen LogP) is 1.95. The molecule has 92 valence electrons. The number of nitrogens with one attached hydrogen (secondary N) is 2. The minimum atomic E-state index is 0.146. The van der Waals surface area contributed by atoms with Crippen molar-refractivity contribution in [2.75, 3.05) is 12.8 Å². The summed E-state index contributed by atoms with van der Waals surface area (Å²) in [5.41, 5.74) is 1.27. The fourth-order valence-corrected chi connectivity index (χ4v) is 2.47. The van der Waals surface area contributed by atoms with Gasteiger partial charge in [0.15, 0.2) is 0 Å². The van der Waals surface area contributed by atoms with E-state index in [9.17, 15) is 4.79 Å². The topological polar surface area (TPSA) is 41.1 Å². The summed E-state index contributed by atoms with van der Waals surface area (Å²) in [5.74, 6) is 0.146. The standard InChI is InChI=1S/C13H18N2OS/c1-9(15-11-7-13(16)14-8-11)10-3-5-12(17-2)6-4-10/h3-6,9,11,15H,7-8H2,1-2H3,(H,14,16). The second-order valence-electron chi connectivity index (χ2n) is 4.37. The van der Waals surface area contributed by atoms with Gasteiger partial charge in [-0.25, -0.2) is 0 Å². The monoisotopic (exact) mass is 250 g/mol. The Morgan fingerprint density at radius 2 is 2.12 bits per heavy atom. The highest BCUT2D eigenvalue weighted by molar-refractivity contribution is 7.98. The van der Waals surface area contributed by atoms with Crippen LogP contribution < -0.4 is 10.6 Å². The highest BCUT2D eigenvalue weighted by Crippen LogP contribution is 2.19. The van der Waals surface area contributed by atoms with Crippen molar-refractivity contribution < 1.29 is 4.79 Å². The zero-order chi connectivity index (χ0) is 12.3. The van der Waals surface area contributed by atoms with Crippen molar-refractivity contribution in [3.05, 3.63) is 29.8 Å². The van der Waals surface area contributed by atoms with Crippen LogP contribution in [0.5, 0.6) is 0 Å². The van der Waals surface area contributed by atoms with Gasteiger partial charge in [0, 0.05) is 29.9 Å². The maximum absolute atomic E-state index is 11.1. The normalized spacial score (nSPS) is 21.3. The molecule has 1 fully saturated rings. The van der Waals surface area contributed by atoms with Gasteiger partial charge in [0.1, 0.15) is 0 Å². The molecule has 0 aromatic heterocycles. The minimum Gasteiger partial charge on any atom is -0.354 e. The quantitative estimate of drug-likeness (QED) is 0.803. The molecule has 1 heterocycles. The number of benzene rings is 1. The molecular formula is C13H18N2OS. The first-order valence-electron chi connectivity index (χ1n) is 5.85. The van der Waals surface area contributed by atoms with Crippen LogP contribution in [0, 0.1) is 0 Å². The van der Waals surface area contributed by atoms with Crippen LogP contribution in [0.25, 0.3) is 0 Å². The van der Waals surface area contributed by atoms with Gasteiger partial charge >= 0.3 is 0 Å². The van der Waals surface area contributed by atoms with Crippen LogP contribution in [-0.2, 0) is 4.79 Å². The van der Waals surface area contributed by atoms with Gasteiger partial charge in [0.25, 0.3) is 0 Å². The Morgan fingerprint density at radius 1 is 1.41 bits per heavy atom. The first-order chi connectivity index (χ1) is 8.19. The number of carbonyl (C=O) groups excluding carboxylic acids is 1. The summed E-state index contributed by atoms with van der Waals surface area (Å²) in [5, 5.41) is 6.31. The average Bonchev–Trinajstić information content (AvgIpc) is 2.75. The van der Waals surface area contributed by atoms with Crippen molar-refractivity contribution in [2.45, 2.75) is 30.3 Å². The van der Waals surface area contributed by atoms with Crippen molar-refractivity contribution in [3.8, 4) is 0 Å². The van der Waals surface area contributed by atoms with Gasteiger partial charge in [0.2, 0.25) is 5.91 Å². The maximum atomic E-state index is 11.1. The smallest absolute Gasteiger partial charge is 0.221 e. The third kappa shape index (κ3) is 3.23. The van der Waals surface area contributed by atoms with E-state index in [0.717, 1.165) is 6.54 Å². The molecule has 1 aliphatic heterocycles. The fourth-order valence-electron chi connectivity index (χ4n) is 2.07. The summed E-state index contributed by atoms with van der Waals surface area (Å²) in [6.45, 7) is 2.88. The minimum absolute atomic E-state index is 0.146. The van der Waals surface area contributed by atoms with Gasteiger partial charge in [-0.2, -0.15) is 0 Å². The summed E-state index contributed by atoms with van der Waals surface area (Å²) in [6, 6.07) is 9.11. The van der Waals surface area contributed by atoms with Crippen molar-refractivity contribution in [2.24, 2.45) is 0 Å². The van der Waals surface area contributed by atoms with Crippen LogP contribution in [0.2, 0.25) is 0 Å². The summed E-state index contributed by atoms with van der Waals surface area (Å²) in [6.07, 6.45) is 2.67. The Kier molecular flexibility index (Phi) is 4.07. The Hall–Kier alpha value is -1.00. The maximum Gasteiger partial charge on any atom is 0.221 e. The number of rotatable bonds is 4. The molecule has 2 unspecified atom stereocenters. The number of hydrogen-bond acceptors (Lipinski definition) is 3. The SMILES string of the molecule is CSc1ccc(C(C)NC2CNC(=O)C2)cc1. The zero-order valence-electron chi connectivity index (χ0n) is 10.2. The van der Waals surface area contributed by atoms with Gasteiger partial charge in [-0.05, 0) is 30.9 Å². The highest BCUT2D eigenvalue weighted by atomic mass is 32.2. The van der Waals surface area contributed by atoms with Crippen molar-refractivity contribution in [1.82, 2.24) is 10.6 Å². The molecule has 2 atom stereocenters. The van der Waals surface area contributed by atoms with Crippen LogP contribution >= 0.6 is 11.8 Å². The van der Waals surface area contributed by atoms with E-state index in [-0.39, 0.29) is 18.0 Å². The number of hydrogen-bond donors (Lipinski definition) is 2. The van der Waals surface area contributed by atoms with Gasteiger partial charge in [-0.15, -0.1) is 11.8 Å². The van der Waals surface area contributed by atoms with E-state index < -0.39 is 0 Å². The summed E-state index contributed by atoms with van der Waals surface area (Å²) in [4.78, 5) is 12.4. The third-order valence-corrected chi connectivity index (χ3v) is 3.82. The van der Waals surface area contributed by atoms with Crippen molar-refractivity contribution >= 4 is 17.7 Å². The van der Waals surface area contributed by atoms with Crippen LogP contribution in [0.4, 0.5) is 0 Å². The lowest BCUT2D eigenvalue weighted by molar-refractivity contribution is -0.119. The lowest BCUT2D eigenvalue weighted by atomic mass is 10.1. The van der Waals surface area contributed by atoms with E-state index in [4.69, 9.17) is 0 Å². The molecule has 1 saturated heterocycles. The molecule has 2 rings (SSSR count). The largest absolute Gasteiger partial charge is 0.354 e. The van der Waals surface area contributed by atoms with E-state index in [2.05, 4.69) is 48.1 Å². The third-order valence-electron chi connectivity index (χ3n) is 3.08. The number of carbonyl (C=O) groups is 1. The predicted molar refractivity (Wildman–Crippen MR) is 71.2 cm³/mol. The zero-order valence-corrected chi connectivity index (χ0v) is 11.0. The molecule has 0 aliphatic carbocycles. The molecule has 0 bridgehead atoms. The number of thioether (sulfide) groups is 1. The van der Waals surface area contributed by atoms with Crippen molar-refractivity contribution in [3.63, 3.8) is 0 Å². The number of amides is 1. The highest BCUT2D eigenvalue weighted by Gasteiger charge is 2.22. The first kappa shape index (κ1) is 12.5. The van der Waals surface area contributed by atoms with Gasteiger partial charge < -0.3 is 10.6 Å². The molecular weight excluding hydrogens is 232 g/mol. The molecule has 3 nitrogen and oxygen atoms in total. The van der Waals surface area contributed by atoms with Gasteiger partial charge in [0.05, 0.1) is 0 Å². The molecule has 0 saturated carbocycles. The van der Waals surface area contributed by atoms with Crippen molar-refractivity contribution in [1.29, 1.82) is 0 Å². The lowest BCUT2D eigenvalue weighted by Gasteiger charge is -2.18.